The Morgan fingerprint density at radius 3 is 2.63 bits per heavy atom. The van der Waals surface area contributed by atoms with Gasteiger partial charge < -0.3 is 10.0 Å². The van der Waals surface area contributed by atoms with E-state index in [2.05, 4.69) is 9.97 Å². The number of hydrogen-bond acceptors (Lipinski definition) is 6. The van der Waals surface area contributed by atoms with Gasteiger partial charge in [0.2, 0.25) is 17.5 Å². The number of carbonyl (C=O) groups excluding carboxylic acids is 2. The fraction of sp³-hybridized carbons (Fsp3) is 0.385. The number of aromatic nitrogens is 2. The Hall–Kier alpha value is -2.24. The number of aliphatic hydroxyl groups is 1. The molecule has 0 unspecified atom stereocenters. The van der Waals surface area contributed by atoms with Gasteiger partial charge in [-0.2, -0.15) is 0 Å². The largest absolute Gasteiger partial charge is 0.506 e. The Morgan fingerprint density at radius 1 is 1.16 bits per heavy atom. The lowest BCUT2D eigenvalue weighted by atomic mass is 10.00. The summed E-state index contributed by atoms with van der Waals surface area (Å²) in [6, 6.07) is 0. The third-order valence-electron chi connectivity index (χ3n) is 3.39. The van der Waals surface area contributed by atoms with Gasteiger partial charge in [-0.05, 0) is 19.3 Å². The highest BCUT2D eigenvalue weighted by Gasteiger charge is 2.28. The highest BCUT2D eigenvalue weighted by Crippen LogP contribution is 2.24. The van der Waals surface area contributed by atoms with Gasteiger partial charge >= 0.3 is 0 Å². The first-order valence-electron chi connectivity index (χ1n) is 6.28. The number of rotatable bonds is 1. The molecule has 0 atom stereocenters. The summed E-state index contributed by atoms with van der Waals surface area (Å²) < 4.78 is 0. The molecular formula is C13H13N3O3. The normalized spacial score (nSPS) is 19.2. The van der Waals surface area contributed by atoms with E-state index < -0.39 is 11.6 Å². The lowest BCUT2D eigenvalue weighted by Gasteiger charge is -2.27. The molecule has 6 heteroatoms. The summed E-state index contributed by atoms with van der Waals surface area (Å²) in [5.74, 6) is -1.17. The zero-order chi connectivity index (χ0) is 13.4. The molecule has 0 saturated carbocycles. The molecule has 1 aromatic rings. The Kier molecular flexibility index (Phi) is 2.77. The first-order chi connectivity index (χ1) is 9.16. The van der Waals surface area contributed by atoms with Gasteiger partial charge in [0, 0.05) is 25.4 Å². The second kappa shape index (κ2) is 4.46. The van der Waals surface area contributed by atoms with E-state index in [0.717, 1.165) is 32.0 Å². The van der Waals surface area contributed by atoms with Gasteiger partial charge in [-0.25, -0.2) is 9.97 Å². The quantitative estimate of drug-likeness (QED) is 0.761. The standard InChI is InChI=1S/C13H13N3O3/c17-9-6-10(18)12(19)8-7-14-13(15-11(8)9)16-4-2-1-3-5-16/h6-7,17H,1-5H2. The molecule has 1 N–H and O–H groups in total. The van der Waals surface area contributed by atoms with Crippen LogP contribution in [0.1, 0.15) is 35.3 Å². The van der Waals surface area contributed by atoms with Crippen LogP contribution >= 0.6 is 0 Å². The van der Waals surface area contributed by atoms with Gasteiger partial charge in [-0.15, -0.1) is 0 Å². The molecule has 0 aromatic carbocycles. The maximum absolute atomic E-state index is 11.7. The van der Waals surface area contributed by atoms with E-state index in [0.29, 0.717) is 5.95 Å². The molecule has 2 aliphatic rings. The summed E-state index contributed by atoms with van der Waals surface area (Å²) in [5.41, 5.74) is 0.228. The number of carbonyl (C=O) groups is 2. The molecule has 6 nitrogen and oxygen atoms in total. The summed E-state index contributed by atoms with van der Waals surface area (Å²) in [6.07, 6.45) is 5.60. The van der Waals surface area contributed by atoms with Gasteiger partial charge in [-0.3, -0.25) is 9.59 Å². The molecule has 1 aromatic heterocycles. The Morgan fingerprint density at radius 2 is 1.89 bits per heavy atom. The lowest BCUT2D eigenvalue weighted by molar-refractivity contribution is -0.111. The minimum absolute atomic E-state index is 0.0748. The van der Waals surface area contributed by atoms with E-state index in [-0.39, 0.29) is 17.0 Å². The summed E-state index contributed by atoms with van der Waals surface area (Å²) in [6.45, 7) is 1.74. The van der Waals surface area contributed by atoms with E-state index in [1.54, 1.807) is 0 Å². The van der Waals surface area contributed by atoms with Gasteiger partial charge in [0.1, 0.15) is 11.5 Å². The summed E-state index contributed by atoms with van der Waals surface area (Å²) in [5, 5.41) is 9.75. The van der Waals surface area contributed by atoms with E-state index in [4.69, 9.17) is 0 Å². The van der Waals surface area contributed by atoms with Crippen molar-refractivity contribution in [3.05, 3.63) is 23.5 Å². The number of hydrogen-bond donors (Lipinski definition) is 1. The van der Waals surface area contributed by atoms with E-state index in [1.165, 1.54) is 12.6 Å². The molecular weight excluding hydrogens is 246 g/mol. The van der Waals surface area contributed by atoms with Crippen molar-refractivity contribution in [2.24, 2.45) is 0 Å². The molecule has 0 spiro atoms. The maximum Gasteiger partial charge on any atom is 0.236 e. The van der Waals surface area contributed by atoms with Crippen LogP contribution in [0.2, 0.25) is 0 Å². The minimum Gasteiger partial charge on any atom is -0.506 e. The number of nitrogens with zero attached hydrogens (tertiary/aromatic N) is 3. The van der Waals surface area contributed by atoms with Crippen LogP contribution in [0.5, 0.6) is 0 Å². The van der Waals surface area contributed by atoms with Crippen molar-refractivity contribution in [3.63, 3.8) is 0 Å². The highest BCUT2D eigenvalue weighted by atomic mass is 16.3. The van der Waals surface area contributed by atoms with Crippen LogP contribution in [0, 0.1) is 0 Å². The van der Waals surface area contributed by atoms with Gasteiger partial charge in [0.05, 0.1) is 5.56 Å². The molecule has 0 amide bonds. The maximum atomic E-state index is 11.7. The lowest BCUT2D eigenvalue weighted by Crippen LogP contribution is -2.32. The molecule has 0 bridgehead atoms. The van der Waals surface area contributed by atoms with Crippen LogP contribution in [0.4, 0.5) is 5.95 Å². The molecule has 1 aliphatic carbocycles. The van der Waals surface area contributed by atoms with Gasteiger partial charge in [-0.1, -0.05) is 0 Å². The smallest absolute Gasteiger partial charge is 0.236 e. The first kappa shape index (κ1) is 11.8. The predicted molar refractivity (Wildman–Crippen MR) is 68.0 cm³/mol. The van der Waals surface area contributed by atoms with Gasteiger partial charge in [0.25, 0.3) is 0 Å². The third kappa shape index (κ3) is 1.99. The molecule has 98 valence electrons. The second-order valence-corrected chi connectivity index (χ2v) is 4.70. The molecule has 0 radical (unpaired) electrons. The fourth-order valence-electron chi connectivity index (χ4n) is 2.37. The van der Waals surface area contributed by atoms with E-state index in [9.17, 15) is 14.7 Å². The van der Waals surface area contributed by atoms with Crippen LogP contribution in [0.3, 0.4) is 0 Å². The SMILES string of the molecule is O=C1C=C(O)c2nc(N3CCCCC3)ncc2C1=O. The topological polar surface area (TPSA) is 83.4 Å². The number of piperidine rings is 1. The minimum atomic E-state index is -0.737. The van der Waals surface area contributed by atoms with Crippen molar-refractivity contribution in [3.8, 4) is 0 Å². The van der Waals surface area contributed by atoms with Crippen molar-refractivity contribution in [2.75, 3.05) is 18.0 Å². The molecule has 3 rings (SSSR count). The fourth-order valence-corrected chi connectivity index (χ4v) is 2.37. The first-order valence-corrected chi connectivity index (χ1v) is 6.28. The predicted octanol–water partition coefficient (Wildman–Crippen LogP) is 1.13. The number of allylic oxidation sites excluding steroid dienone is 1. The Balaban J connectivity index is 2.01. The molecule has 1 fully saturated rings. The average Bonchev–Trinajstić information content (AvgIpc) is 2.45. The molecule has 1 aliphatic heterocycles. The number of fused-ring (bicyclic) bond motifs is 1. The highest BCUT2D eigenvalue weighted by molar-refractivity contribution is 6.50. The van der Waals surface area contributed by atoms with Crippen molar-refractivity contribution in [1.29, 1.82) is 0 Å². The summed E-state index contributed by atoms with van der Waals surface area (Å²) in [7, 11) is 0. The van der Waals surface area contributed by atoms with Crippen molar-refractivity contribution >= 4 is 23.3 Å². The van der Waals surface area contributed by atoms with Crippen molar-refractivity contribution in [1.82, 2.24) is 9.97 Å². The Labute approximate surface area is 109 Å². The van der Waals surface area contributed by atoms with E-state index in [1.807, 2.05) is 4.90 Å². The van der Waals surface area contributed by atoms with Crippen LogP contribution in [-0.2, 0) is 4.79 Å². The zero-order valence-electron chi connectivity index (χ0n) is 10.3. The Bertz CT molecular complexity index is 589. The number of Topliss-reactive ketones (excluding diaryl/α,β-unsaturated/α-hetero) is 1. The van der Waals surface area contributed by atoms with Gasteiger partial charge in [0.15, 0.2) is 0 Å². The molecule has 1 saturated heterocycles. The number of aliphatic hydroxyl groups excluding tert-OH is 1. The summed E-state index contributed by atoms with van der Waals surface area (Å²) in [4.78, 5) is 33.3. The molecule has 2 heterocycles. The van der Waals surface area contributed by atoms with Crippen LogP contribution < -0.4 is 4.90 Å². The van der Waals surface area contributed by atoms with Crippen molar-refractivity contribution < 1.29 is 14.7 Å². The third-order valence-corrected chi connectivity index (χ3v) is 3.39. The number of anilines is 1. The van der Waals surface area contributed by atoms with Crippen LogP contribution in [-0.4, -0.2) is 39.7 Å². The zero-order valence-corrected chi connectivity index (χ0v) is 10.3. The van der Waals surface area contributed by atoms with Crippen LogP contribution in [0.15, 0.2) is 12.3 Å². The van der Waals surface area contributed by atoms with E-state index >= 15 is 0 Å². The second-order valence-electron chi connectivity index (χ2n) is 4.70. The monoisotopic (exact) mass is 259 g/mol. The number of ketones is 2. The average molecular weight is 259 g/mol. The molecule has 19 heavy (non-hydrogen) atoms. The van der Waals surface area contributed by atoms with Crippen LogP contribution in [0.25, 0.3) is 5.76 Å². The van der Waals surface area contributed by atoms with Crippen molar-refractivity contribution in [2.45, 2.75) is 19.3 Å². The summed E-state index contributed by atoms with van der Waals surface area (Å²) >= 11 is 0.